The van der Waals surface area contributed by atoms with Gasteiger partial charge in [0.15, 0.2) is 5.13 Å². The maximum atomic E-state index is 13.2. The van der Waals surface area contributed by atoms with E-state index >= 15 is 0 Å². The van der Waals surface area contributed by atoms with Gasteiger partial charge in [-0.25, -0.2) is 4.98 Å². The molecule has 8 nitrogen and oxygen atoms in total. The van der Waals surface area contributed by atoms with Crippen molar-refractivity contribution in [1.82, 2.24) is 9.88 Å². The first kappa shape index (κ1) is 20.9. The molecule has 3 heterocycles. The van der Waals surface area contributed by atoms with Crippen molar-refractivity contribution >= 4 is 32.6 Å². The van der Waals surface area contributed by atoms with Crippen molar-refractivity contribution in [3.05, 3.63) is 30.2 Å². The number of morpholine rings is 1. The number of rotatable bonds is 8. The molecular weight excluding hydrogens is 406 g/mol. The molecule has 0 atom stereocenters. The van der Waals surface area contributed by atoms with Gasteiger partial charge in [-0.1, -0.05) is 11.3 Å². The number of amides is 1. The van der Waals surface area contributed by atoms with Crippen molar-refractivity contribution in [2.45, 2.75) is 13.3 Å². The van der Waals surface area contributed by atoms with Crippen molar-refractivity contribution < 1.29 is 23.7 Å². The second-order valence-corrected chi connectivity index (χ2v) is 8.03. The Labute approximate surface area is 180 Å². The molecule has 1 fully saturated rings. The van der Waals surface area contributed by atoms with Gasteiger partial charge in [-0.05, 0) is 31.5 Å². The molecule has 0 radical (unpaired) electrons. The number of ether oxygens (including phenoxy) is 4. The van der Waals surface area contributed by atoms with Gasteiger partial charge in [-0.15, -0.1) is 0 Å². The summed E-state index contributed by atoms with van der Waals surface area (Å²) in [5.41, 5.74) is 0.847. The highest BCUT2D eigenvalue weighted by Gasteiger charge is 2.26. The van der Waals surface area contributed by atoms with Gasteiger partial charge in [0, 0.05) is 26.2 Å². The van der Waals surface area contributed by atoms with E-state index in [2.05, 4.69) is 4.90 Å². The van der Waals surface area contributed by atoms with Gasteiger partial charge in [-0.3, -0.25) is 14.6 Å². The third-order valence-corrected chi connectivity index (χ3v) is 6.00. The zero-order chi connectivity index (χ0) is 20.8. The van der Waals surface area contributed by atoms with E-state index in [9.17, 15) is 4.79 Å². The summed E-state index contributed by atoms with van der Waals surface area (Å²) in [6, 6.07) is 5.80. The minimum absolute atomic E-state index is 0.222. The lowest BCUT2D eigenvalue weighted by Crippen LogP contribution is -2.40. The molecule has 2 aromatic rings. The first-order valence-corrected chi connectivity index (χ1v) is 11.2. The van der Waals surface area contributed by atoms with Crippen LogP contribution in [0.15, 0.2) is 30.2 Å². The molecule has 0 bridgehead atoms. The van der Waals surface area contributed by atoms with E-state index in [4.69, 9.17) is 23.9 Å². The number of hydrogen-bond acceptors (Lipinski definition) is 8. The highest BCUT2D eigenvalue weighted by atomic mass is 32.1. The normalized spacial score (nSPS) is 17.2. The molecule has 1 saturated heterocycles. The van der Waals surface area contributed by atoms with Gasteiger partial charge in [0.1, 0.15) is 25.2 Å². The molecular formula is C21H27N3O5S. The minimum atomic E-state index is -0.222. The van der Waals surface area contributed by atoms with Crippen molar-refractivity contribution in [3.63, 3.8) is 0 Å². The van der Waals surface area contributed by atoms with Crippen molar-refractivity contribution in [1.29, 1.82) is 0 Å². The lowest BCUT2D eigenvalue weighted by molar-refractivity contribution is -0.119. The largest absolute Gasteiger partial charge is 0.494 e. The number of hydrogen-bond donors (Lipinski definition) is 0. The van der Waals surface area contributed by atoms with Gasteiger partial charge in [0.2, 0.25) is 5.76 Å². The number of carbonyl (C=O) groups excluding carboxylic acids is 1. The topological polar surface area (TPSA) is 73.4 Å². The summed E-state index contributed by atoms with van der Waals surface area (Å²) in [6.07, 6.45) is 2.24. The molecule has 0 aliphatic carbocycles. The fourth-order valence-corrected chi connectivity index (χ4v) is 4.46. The summed E-state index contributed by atoms with van der Waals surface area (Å²) in [5, 5.41) is 0.653. The van der Waals surface area contributed by atoms with Gasteiger partial charge in [0.05, 0.1) is 30.0 Å². The summed E-state index contributed by atoms with van der Waals surface area (Å²) in [6.45, 7) is 8.23. The van der Waals surface area contributed by atoms with Crippen molar-refractivity contribution in [2.24, 2.45) is 0 Å². The van der Waals surface area contributed by atoms with Crippen LogP contribution in [0, 0.1) is 0 Å². The van der Waals surface area contributed by atoms with Crippen LogP contribution in [0.5, 0.6) is 5.75 Å². The number of carbonyl (C=O) groups is 1. The number of anilines is 1. The van der Waals surface area contributed by atoms with Gasteiger partial charge in [0.25, 0.3) is 5.91 Å². The Hall–Kier alpha value is -2.36. The Kier molecular flexibility index (Phi) is 7.03. The third kappa shape index (κ3) is 5.03. The summed E-state index contributed by atoms with van der Waals surface area (Å²) in [5.74, 6) is 0.805. The number of benzene rings is 1. The quantitative estimate of drug-likeness (QED) is 0.634. The Balaban J connectivity index is 1.53. The van der Waals surface area contributed by atoms with E-state index in [1.54, 1.807) is 4.90 Å². The number of fused-ring (bicyclic) bond motifs is 1. The lowest BCUT2D eigenvalue weighted by Gasteiger charge is -2.28. The van der Waals surface area contributed by atoms with E-state index in [1.807, 2.05) is 25.1 Å². The molecule has 0 spiro atoms. The summed E-state index contributed by atoms with van der Waals surface area (Å²) < 4.78 is 22.8. The number of aromatic nitrogens is 1. The van der Waals surface area contributed by atoms with Crippen molar-refractivity contribution in [3.8, 4) is 5.75 Å². The van der Waals surface area contributed by atoms with E-state index in [0.29, 0.717) is 31.5 Å². The predicted molar refractivity (Wildman–Crippen MR) is 115 cm³/mol. The highest BCUT2D eigenvalue weighted by Crippen LogP contribution is 2.32. The fourth-order valence-electron chi connectivity index (χ4n) is 3.44. The predicted octanol–water partition coefficient (Wildman–Crippen LogP) is 2.64. The average molecular weight is 434 g/mol. The van der Waals surface area contributed by atoms with Crippen LogP contribution in [0.2, 0.25) is 0 Å². The SMILES string of the molecule is CCOc1ccc2nc(N(CCCN3CCOCC3)C(=O)C3=COCCO3)sc2c1. The Bertz CT molecular complexity index is 894. The molecule has 4 rings (SSSR count). The minimum Gasteiger partial charge on any atom is -0.494 e. The molecule has 162 valence electrons. The lowest BCUT2D eigenvalue weighted by atomic mass is 10.3. The van der Waals surface area contributed by atoms with Crippen LogP contribution in [0.25, 0.3) is 10.2 Å². The summed E-state index contributed by atoms with van der Waals surface area (Å²) in [4.78, 5) is 22.0. The van der Waals surface area contributed by atoms with E-state index < -0.39 is 0 Å². The first-order chi connectivity index (χ1) is 14.7. The monoisotopic (exact) mass is 433 g/mol. The maximum absolute atomic E-state index is 13.2. The number of nitrogens with zero attached hydrogens (tertiary/aromatic N) is 3. The standard InChI is InChI=1S/C21H27N3O5S/c1-2-28-16-4-5-17-19(14-16)30-21(22-17)24(20(25)18-15-27-12-13-29-18)7-3-6-23-8-10-26-11-9-23/h4-5,14-15H,2-3,6-13H2,1H3. The fraction of sp³-hybridized carbons (Fsp3) is 0.524. The molecule has 1 amide bonds. The van der Waals surface area contributed by atoms with E-state index in [1.165, 1.54) is 17.6 Å². The van der Waals surface area contributed by atoms with Gasteiger partial charge < -0.3 is 18.9 Å². The van der Waals surface area contributed by atoms with Crippen LogP contribution in [-0.4, -0.2) is 75.0 Å². The van der Waals surface area contributed by atoms with Gasteiger partial charge >= 0.3 is 0 Å². The van der Waals surface area contributed by atoms with Crippen LogP contribution in [0.3, 0.4) is 0 Å². The molecule has 0 N–H and O–H groups in total. The molecule has 1 aromatic carbocycles. The maximum Gasteiger partial charge on any atom is 0.298 e. The molecule has 9 heteroatoms. The van der Waals surface area contributed by atoms with E-state index in [-0.39, 0.29) is 11.7 Å². The summed E-state index contributed by atoms with van der Waals surface area (Å²) in [7, 11) is 0. The molecule has 2 aliphatic rings. The summed E-state index contributed by atoms with van der Waals surface area (Å²) >= 11 is 1.48. The van der Waals surface area contributed by atoms with E-state index in [0.717, 1.165) is 55.2 Å². The van der Waals surface area contributed by atoms with Crippen LogP contribution in [0.4, 0.5) is 5.13 Å². The second-order valence-electron chi connectivity index (χ2n) is 7.02. The third-order valence-electron chi connectivity index (χ3n) is 4.96. The van der Waals surface area contributed by atoms with Crippen LogP contribution >= 0.6 is 11.3 Å². The Morgan fingerprint density at radius 2 is 2.13 bits per heavy atom. The van der Waals surface area contributed by atoms with Crippen LogP contribution in [-0.2, 0) is 19.0 Å². The molecule has 0 unspecified atom stereocenters. The zero-order valence-electron chi connectivity index (χ0n) is 17.2. The molecule has 0 saturated carbocycles. The van der Waals surface area contributed by atoms with Gasteiger partial charge in [-0.2, -0.15) is 0 Å². The molecule has 2 aliphatic heterocycles. The second kappa shape index (κ2) is 10.1. The van der Waals surface area contributed by atoms with Crippen LogP contribution in [0.1, 0.15) is 13.3 Å². The average Bonchev–Trinajstić information content (AvgIpc) is 3.21. The first-order valence-electron chi connectivity index (χ1n) is 10.3. The van der Waals surface area contributed by atoms with Crippen molar-refractivity contribution in [2.75, 3.05) is 64.1 Å². The smallest absolute Gasteiger partial charge is 0.298 e. The zero-order valence-corrected chi connectivity index (χ0v) is 18.0. The molecule has 30 heavy (non-hydrogen) atoms. The highest BCUT2D eigenvalue weighted by molar-refractivity contribution is 7.22. The Morgan fingerprint density at radius 1 is 1.27 bits per heavy atom. The number of thiazole rings is 1. The van der Waals surface area contributed by atoms with Crippen LogP contribution < -0.4 is 9.64 Å². The Morgan fingerprint density at radius 3 is 2.90 bits per heavy atom. The molecule has 1 aromatic heterocycles.